The summed E-state index contributed by atoms with van der Waals surface area (Å²) in [5, 5.41) is 6.06. The van der Waals surface area contributed by atoms with Crippen molar-refractivity contribution >= 4 is 12.0 Å². The minimum absolute atomic E-state index is 0.0430. The van der Waals surface area contributed by atoms with E-state index in [2.05, 4.69) is 10.6 Å². The number of nitrogens with one attached hydrogen (secondary N) is 2. The molecule has 1 aromatic rings. The second-order valence-corrected chi connectivity index (χ2v) is 6.94. The highest BCUT2D eigenvalue weighted by Crippen LogP contribution is 2.19. The standard InChI is InChI=1S/C18H27N3O3/c1-18(2,3)24-17(23)20-15(14-7-5-4-6-8-14)13-16(22)21-11-9-19-10-12-21/h4-8,15,19H,9-13H2,1-3H3,(H,20,23). The summed E-state index contributed by atoms with van der Waals surface area (Å²) in [6.07, 6.45) is -0.284. The first kappa shape index (κ1) is 18.3. The van der Waals surface area contributed by atoms with Gasteiger partial charge < -0.3 is 20.3 Å². The number of benzene rings is 1. The van der Waals surface area contributed by atoms with Gasteiger partial charge >= 0.3 is 6.09 Å². The van der Waals surface area contributed by atoms with Crippen LogP contribution in [0.5, 0.6) is 0 Å². The van der Waals surface area contributed by atoms with Crippen LogP contribution in [0.15, 0.2) is 30.3 Å². The smallest absolute Gasteiger partial charge is 0.408 e. The third kappa shape index (κ3) is 5.85. The molecule has 1 unspecified atom stereocenters. The van der Waals surface area contributed by atoms with Gasteiger partial charge in [-0.25, -0.2) is 4.79 Å². The molecule has 1 fully saturated rings. The van der Waals surface area contributed by atoms with Gasteiger partial charge in [0, 0.05) is 26.2 Å². The van der Waals surface area contributed by atoms with Crippen molar-refractivity contribution < 1.29 is 14.3 Å². The Bertz CT molecular complexity index is 548. The average Bonchev–Trinajstić information content (AvgIpc) is 2.54. The second-order valence-electron chi connectivity index (χ2n) is 6.94. The fraction of sp³-hybridized carbons (Fsp3) is 0.556. The van der Waals surface area contributed by atoms with Crippen molar-refractivity contribution in [2.75, 3.05) is 26.2 Å². The molecule has 2 rings (SSSR count). The van der Waals surface area contributed by atoms with E-state index in [-0.39, 0.29) is 12.3 Å². The van der Waals surface area contributed by atoms with Gasteiger partial charge in [-0.2, -0.15) is 0 Å². The Morgan fingerprint density at radius 3 is 2.42 bits per heavy atom. The van der Waals surface area contributed by atoms with Gasteiger partial charge in [0.2, 0.25) is 5.91 Å². The number of carbonyl (C=O) groups excluding carboxylic acids is 2. The predicted molar refractivity (Wildman–Crippen MR) is 92.6 cm³/mol. The lowest BCUT2D eigenvalue weighted by Gasteiger charge is -2.30. The second kappa shape index (κ2) is 8.15. The maximum Gasteiger partial charge on any atom is 0.408 e. The van der Waals surface area contributed by atoms with Crippen LogP contribution < -0.4 is 10.6 Å². The molecule has 1 aliphatic rings. The van der Waals surface area contributed by atoms with Gasteiger partial charge in [0.05, 0.1) is 12.5 Å². The molecule has 0 radical (unpaired) electrons. The number of carbonyl (C=O) groups is 2. The Kier molecular flexibility index (Phi) is 6.20. The molecule has 1 aromatic carbocycles. The quantitative estimate of drug-likeness (QED) is 0.885. The lowest BCUT2D eigenvalue weighted by atomic mass is 10.0. The van der Waals surface area contributed by atoms with Crippen molar-refractivity contribution in [1.29, 1.82) is 0 Å². The number of rotatable bonds is 4. The summed E-state index contributed by atoms with van der Waals surface area (Å²) in [5.41, 5.74) is 0.320. The van der Waals surface area contributed by atoms with Crippen molar-refractivity contribution in [3.05, 3.63) is 35.9 Å². The molecule has 6 nitrogen and oxygen atoms in total. The molecule has 2 N–H and O–H groups in total. The first-order valence-electron chi connectivity index (χ1n) is 8.38. The average molecular weight is 333 g/mol. The Labute approximate surface area is 143 Å². The number of ether oxygens (including phenoxy) is 1. The van der Waals surface area contributed by atoms with Crippen molar-refractivity contribution in [3.63, 3.8) is 0 Å². The van der Waals surface area contributed by atoms with Crippen LogP contribution in [0.1, 0.15) is 38.8 Å². The topological polar surface area (TPSA) is 70.7 Å². The first-order valence-corrected chi connectivity index (χ1v) is 8.38. The molecular formula is C18H27N3O3. The molecule has 132 valence electrons. The molecule has 1 saturated heterocycles. The summed E-state index contributed by atoms with van der Waals surface area (Å²) in [5.74, 6) is 0.0430. The van der Waals surface area contributed by atoms with Crippen LogP contribution in [0.2, 0.25) is 0 Å². The Balaban J connectivity index is 2.05. The molecule has 2 amide bonds. The van der Waals surface area contributed by atoms with E-state index in [0.29, 0.717) is 13.1 Å². The lowest BCUT2D eigenvalue weighted by molar-refractivity contribution is -0.132. The van der Waals surface area contributed by atoms with Crippen LogP contribution in [-0.4, -0.2) is 48.7 Å². The highest BCUT2D eigenvalue weighted by atomic mass is 16.6. The minimum atomic E-state index is -0.576. The monoisotopic (exact) mass is 333 g/mol. The SMILES string of the molecule is CC(C)(C)OC(=O)NC(CC(=O)N1CCNCC1)c1ccccc1. The fourth-order valence-corrected chi connectivity index (χ4v) is 2.61. The van der Waals surface area contributed by atoms with E-state index in [1.165, 1.54) is 0 Å². The zero-order valence-corrected chi connectivity index (χ0v) is 14.7. The maximum absolute atomic E-state index is 12.6. The van der Waals surface area contributed by atoms with Crippen LogP contribution in [-0.2, 0) is 9.53 Å². The Morgan fingerprint density at radius 2 is 1.83 bits per heavy atom. The van der Waals surface area contributed by atoms with E-state index in [9.17, 15) is 9.59 Å². The van der Waals surface area contributed by atoms with Gasteiger partial charge in [0.15, 0.2) is 0 Å². The number of hydrogen-bond acceptors (Lipinski definition) is 4. The van der Waals surface area contributed by atoms with E-state index in [1.54, 1.807) is 0 Å². The van der Waals surface area contributed by atoms with Crippen molar-refractivity contribution in [2.24, 2.45) is 0 Å². The van der Waals surface area contributed by atoms with E-state index in [1.807, 2.05) is 56.0 Å². The summed E-state index contributed by atoms with van der Waals surface area (Å²) in [6.45, 7) is 8.46. The summed E-state index contributed by atoms with van der Waals surface area (Å²) in [7, 11) is 0. The van der Waals surface area contributed by atoms with E-state index in [0.717, 1.165) is 18.7 Å². The van der Waals surface area contributed by atoms with E-state index >= 15 is 0 Å². The van der Waals surface area contributed by atoms with Gasteiger partial charge in [-0.05, 0) is 26.3 Å². The molecular weight excluding hydrogens is 306 g/mol. The van der Waals surface area contributed by atoms with Crippen LogP contribution in [0.3, 0.4) is 0 Å². The van der Waals surface area contributed by atoms with Crippen LogP contribution in [0, 0.1) is 0 Å². The van der Waals surface area contributed by atoms with Gasteiger partial charge in [-0.1, -0.05) is 30.3 Å². The van der Waals surface area contributed by atoms with Crippen LogP contribution in [0.4, 0.5) is 4.79 Å². The molecule has 0 bridgehead atoms. The van der Waals surface area contributed by atoms with Crippen LogP contribution in [0.25, 0.3) is 0 Å². The van der Waals surface area contributed by atoms with Gasteiger partial charge in [0.1, 0.15) is 5.60 Å². The molecule has 1 heterocycles. The van der Waals surface area contributed by atoms with Gasteiger partial charge in [0.25, 0.3) is 0 Å². The molecule has 24 heavy (non-hydrogen) atoms. The zero-order chi connectivity index (χ0) is 17.6. The molecule has 0 saturated carbocycles. The molecule has 6 heteroatoms. The summed E-state index contributed by atoms with van der Waals surface area (Å²) in [6, 6.07) is 9.12. The number of nitrogens with zero attached hydrogens (tertiary/aromatic N) is 1. The highest BCUT2D eigenvalue weighted by Gasteiger charge is 2.25. The van der Waals surface area contributed by atoms with Crippen molar-refractivity contribution in [3.8, 4) is 0 Å². The number of hydrogen-bond donors (Lipinski definition) is 2. The summed E-state index contributed by atoms with van der Waals surface area (Å²) < 4.78 is 5.33. The lowest BCUT2D eigenvalue weighted by Crippen LogP contribution is -2.47. The van der Waals surface area contributed by atoms with Crippen molar-refractivity contribution in [1.82, 2.24) is 15.5 Å². The Hall–Kier alpha value is -2.08. The number of piperazine rings is 1. The molecule has 1 aliphatic heterocycles. The van der Waals surface area contributed by atoms with E-state index in [4.69, 9.17) is 4.74 Å². The first-order chi connectivity index (χ1) is 11.3. The highest BCUT2D eigenvalue weighted by molar-refractivity contribution is 5.78. The third-order valence-electron chi connectivity index (χ3n) is 3.74. The Morgan fingerprint density at radius 1 is 1.21 bits per heavy atom. The minimum Gasteiger partial charge on any atom is -0.444 e. The summed E-state index contributed by atoms with van der Waals surface area (Å²) in [4.78, 5) is 26.5. The predicted octanol–water partition coefficient (Wildman–Crippen LogP) is 2.07. The zero-order valence-electron chi connectivity index (χ0n) is 14.7. The number of amides is 2. The summed E-state index contributed by atoms with van der Waals surface area (Å²) >= 11 is 0. The molecule has 0 aliphatic carbocycles. The molecule has 1 atom stereocenters. The normalized spacial score (nSPS) is 16.4. The van der Waals surface area contributed by atoms with Gasteiger partial charge in [-0.15, -0.1) is 0 Å². The fourth-order valence-electron chi connectivity index (χ4n) is 2.61. The third-order valence-corrected chi connectivity index (χ3v) is 3.74. The molecule has 0 aromatic heterocycles. The van der Waals surface area contributed by atoms with Crippen LogP contribution >= 0.6 is 0 Å². The maximum atomic E-state index is 12.6. The number of alkyl carbamates (subject to hydrolysis) is 1. The largest absolute Gasteiger partial charge is 0.444 e. The van der Waals surface area contributed by atoms with Gasteiger partial charge in [-0.3, -0.25) is 4.79 Å². The molecule has 0 spiro atoms. The van der Waals surface area contributed by atoms with Crippen molar-refractivity contribution in [2.45, 2.75) is 38.8 Å². The van der Waals surface area contributed by atoms with E-state index < -0.39 is 17.7 Å².